The molecule has 0 aliphatic carbocycles. The van der Waals surface area contributed by atoms with Gasteiger partial charge in [0, 0.05) is 5.56 Å². The highest BCUT2D eigenvalue weighted by Crippen LogP contribution is 2.21. The number of rotatable bonds is 4. The summed E-state index contributed by atoms with van der Waals surface area (Å²) in [6.07, 6.45) is 1.16. The van der Waals surface area contributed by atoms with Crippen LogP contribution in [0, 0.1) is 18.2 Å². The topological polar surface area (TPSA) is 125 Å². The van der Waals surface area contributed by atoms with E-state index in [1.54, 1.807) is 6.92 Å². The molecule has 0 aliphatic rings. The molecule has 7 nitrogen and oxygen atoms in total. The van der Waals surface area contributed by atoms with E-state index < -0.39 is 21.7 Å². The Balaban J connectivity index is 2.45. The largest absolute Gasteiger partial charge is 0.384 e. The molecule has 9 heteroatoms. The van der Waals surface area contributed by atoms with Gasteiger partial charge in [-0.2, -0.15) is 5.10 Å². The number of aromatic nitrogens is 2. The number of benzene rings is 1. The molecule has 1 aromatic carbocycles. The Hall–Kier alpha value is -2.42. The van der Waals surface area contributed by atoms with Crippen molar-refractivity contribution in [2.24, 2.45) is 5.73 Å². The lowest BCUT2D eigenvalue weighted by Gasteiger charge is -2.11. The summed E-state index contributed by atoms with van der Waals surface area (Å²) in [4.78, 5) is -0.0312. The van der Waals surface area contributed by atoms with Crippen LogP contribution in [-0.4, -0.2) is 24.5 Å². The molecule has 0 atom stereocenters. The molecule has 0 radical (unpaired) electrons. The van der Waals surface area contributed by atoms with Gasteiger partial charge >= 0.3 is 0 Å². The monoisotopic (exact) mass is 297 g/mol. The van der Waals surface area contributed by atoms with Gasteiger partial charge in [0.2, 0.25) is 0 Å². The van der Waals surface area contributed by atoms with Gasteiger partial charge in [0.1, 0.15) is 16.5 Å². The molecule has 106 valence electrons. The third-order valence-electron chi connectivity index (χ3n) is 2.59. The number of sulfonamides is 1. The van der Waals surface area contributed by atoms with E-state index >= 15 is 0 Å². The van der Waals surface area contributed by atoms with Crippen LogP contribution < -0.4 is 10.5 Å². The van der Waals surface area contributed by atoms with Crippen molar-refractivity contribution < 1.29 is 12.8 Å². The van der Waals surface area contributed by atoms with Crippen LogP contribution in [0.15, 0.2) is 29.3 Å². The fraction of sp³-hybridized carbons (Fsp3) is 0.0909. The predicted molar refractivity (Wildman–Crippen MR) is 71.5 cm³/mol. The van der Waals surface area contributed by atoms with Crippen molar-refractivity contribution in [3.63, 3.8) is 0 Å². The van der Waals surface area contributed by atoms with Crippen LogP contribution in [0.3, 0.4) is 0 Å². The van der Waals surface area contributed by atoms with Crippen LogP contribution in [0.25, 0.3) is 0 Å². The predicted octanol–water partition coefficient (Wildman–Crippen LogP) is 0.942. The number of hydrogen-bond acceptors (Lipinski definition) is 4. The zero-order valence-corrected chi connectivity index (χ0v) is 11.3. The number of nitrogen functional groups attached to an aromatic ring is 1. The Morgan fingerprint density at radius 2 is 2.20 bits per heavy atom. The Morgan fingerprint density at radius 1 is 1.50 bits per heavy atom. The molecule has 1 aromatic heterocycles. The number of nitrogens with two attached hydrogens (primary N) is 1. The second-order valence-electron chi connectivity index (χ2n) is 4.07. The van der Waals surface area contributed by atoms with E-state index in [0.29, 0.717) is 5.69 Å². The summed E-state index contributed by atoms with van der Waals surface area (Å²) in [7, 11) is -3.89. The van der Waals surface area contributed by atoms with Crippen LogP contribution in [-0.2, 0) is 10.0 Å². The molecule has 0 fully saturated rings. The molecule has 1 heterocycles. The summed E-state index contributed by atoms with van der Waals surface area (Å²) in [5.41, 5.74) is 5.67. The number of aryl methyl sites for hydroxylation is 1. The number of anilines is 1. The van der Waals surface area contributed by atoms with Crippen molar-refractivity contribution in [3.8, 4) is 0 Å². The SMILES string of the molecule is Cc1[nH]ncc1S(=O)(=O)Nc1ccc(F)cc1C(=N)N. The molecule has 2 aromatic rings. The summed E-state index contributed by atoms with van der Waals surface area (Å²) in [5, 5.41) is 13.5. The minimum absolute atomic E-state index is 0.0273. The second kappa shape index (κ2) is 4.93. The maximum atomic E-state index is 13.1. The highest BCUT2D eigenvalue weighted by atomic mass is 32.2. The van der Waals surface area contributed by atoms with Gasteiger partial charge in [0.15, 0.2) is 0 Å². The lowest BCUT2D eigenvalue weighted by atomic mass is 10.1. The Kier molecular flexibility index (Phi) is 3.45. The average Bonchev–Trinajstić information content (AvgIpc) is 2.78. The number of amidine groups is 1. The van der Waals surface area contributed by atoms with Crippen LogP contribution in [0.2, 0.25) is 0 Å². The first-order chi connectivity index (χ1) is 9.31. The smallest absolute Gasteiger partial charge is 0.265 e. The molecular formula is C11H12FN5O2S. The van der Waals surface area contributed by atoms with Gasteiger partial charge in [-0.15, -0.1) is 0 Å². The third kappa shape index (κ3) is 2.62. The number of nitrogens with zero attached hydrogens (tertiary/aromatic N) is 1. The van der Waals surface area contributed by atoms with Crippen LogP contribution >= 0.6 is 0 Å². The Morgan fingerprint density at radius 3 is 2.75 bits per heavy atom. The standard InChI is InChI=1S/C11H12FN5O2S/c1-6-10(5-15-16-6)20(18,19)17-9-3-2-7(12)4-8(9)11(13)14/h2-5,17H,1H3,(H3,13,14)(H,15,16). The Bertz CT molecular complexity index is 769. The minimum atomic E-state index is -3.89. The first-order valence-corrected chi connectivity index (χ1v) is 6.96. The van der Waals surface area contributed by atoms with E-state index in [1.165, 1.54) is 6.07 Å². The molecule has 0 saturated carbocycles. The molecule has 5 N–H and O–H groups in total. The number of nitrogens with one attached hydrogen (secondary N) is 3. The van der Waals surface area contributed by atoms with Gasteiger partial charge in [0.05, 0.1) is 17.6 Å². The van der Waals surface area contributed by atoms with Gasteiger partial charge in [-0.25, -0.2) is 12.8 Å². The minimum Gasteiger partial charge on any atom is -0.384 e. The van der Waals surface area contributed by atoms with Crippen molar-refractivity contribution in [2.45, 2.75) is 11.8 Å². The first-order valence-electron chi connectivity index (χ1n) is 5.48. The molecule has 0 amide bonds. The number of halogens is 1. The highest BCUT2D eigenvalue weighted by Gasteiger charge is 2.20. The Labute approximate surface area is 114 Å². The van der Waals surface area contributed by atoms with Gasteiger partial charge in [-0.05, 0) is 25.1 Å². The normalized spacial score (nSPS) is 11.3. The van der Waals surface area contributed by atoms with E-state index in [0.717, 1.165) is 18.3 Å². The highest BCUT2D eigenvalue weighted by molar-refractivity contribution is 7.92. The van der Waals surface area contributed by atoms with Gasteiger partial charge in [-0.3, -0.25) is 15.2 Å². The van der Waals surface area contributed by atoms with Gasteiger partial charge in [-0.1, -0.05) is 0 Å². The molecule has 0 unspecified atom stereocenters. The van der Waals surface area contributed by atoms with E-state index in [-0.39, 0.29) is 16.1 Å². The summed E-state index contributed by atoms with van der Waals surface area (Å²) >= 11 is 0. The van der Waals surface area contributed by atoms with Crippen molar-refractivity contribution >= 4 is 21.5 Å². The quantitative estimate of drug-likeness (QED) is 0.495. The van der Waals surface area contributed by atoms with Crippen LogP contribution in [0.1, 0.15) is 11.3 Å². The maximum absolute atomic E-state index is 13.1. The summed E-state index contributed by atoms with van der Waals surface area (Å²) < 4.78 is 39.7. The number of hydrogen-bond donors (Lipinski definition) is 4. The second-order valence-corrected chi connectivity index (χ2v) is 5.72. The fourth-order valence-electron chi connectivity index (χ4n) is 1.64. The lowest BCUT2D eigenvalue weighted by Crippen LogP contribution is -2.19. The van der Waals surface area contributed by atoms with E-state index in [2.05, 4.69) is 14.9 Å². The maximum Gasteiger partial charge on any atom is 0.265 e. The average molecular weight is 297 g/mol. The van der Waals surface area contributed by atoms with E-state index in [9.17, 15) is 12.8 Å². The molecule has 20 heavy (non-hydrogen) atoms. The van der Waals surface area contributed by atoms with Crippen LogP contribution in [0.4, 0.5) is 10.1 Å². The third-order valence-corrected chi connectivity index (χ3v) is 4.07. The van der Waals surface area contributed by atoms with E-state index in [4.69, 9.17) is 11.1 Å². The molecule has 2 rings (SSSR count). The zero-order valence-electron chi connectivity index (χ0n) is 10.4. The van der Waals surface area contributed by atoms with Crippen LogP contribution in [0.5, 0.6) is 0 Å². The fourth-order valence-corrected chi connectivity index (χ4v) is 2.86. The lowest BCUT2D eigenvalue weighted by molar-refractivity contribution is 0.600. The van der Waals surface area contributed by atoms with E-state index in [1.807, 2.05) is 0 Å². The summed E-state index contributed by atoms with van der Waals surface area (Å²) in [6, 6.07) is 3.27. The summed E-state index contributed by atoms with van der Waals surface area (Å²) in [6.45, 7) is 1.55. The molecular weight excluding hydrogens is 285 g/mol. The molecule has 0 bridgehead atoms. The first kappa shape index (κ1) is 14.0. The van der Waals surface area contributed by atoms with Gasteiger partial charge < -0.3 is 5.73 Å². The molecule has 0 saturated heterocycles. The summed E-state index contributed by atoms with van der Waals surface area (Å²) in [5.74, 6) is -1.05. The molecule has 0 spiro atoms. The zero-order chi connectivity index (χ0) is 14.9. The molecule has 0 aliphatic heterocycles. The van der Waals surface area contributed by atoms with Crippen molar-refractivity contribution in [2.75, 3.05) is 4.72 Å². The number of H-pyrrole nitrogens is 1. The van der Waals surface area contributed by atoms with Crippen molar-refractivity contribution in [1.82, 2.24) is 10.2 Å². The van der Waals surface area contributed by atoms with Crippen molar-refractivity contribution in [3.05, 3.63) is 41.5 Å². The van der Waals surface area contributed by atoms with Crippen molar-refractivity contribution in [1.29, 1.82) is 5.41 Å². The van der Waals surface area contributed by atoms with Gasteiger partial charge in [0.25, 0.3) is 10.0 Å². The number of aromatic amines is 1.